The number of carbonyl (C=O) groups excluding carboxylic acids is 1. The van der Waals surface area contributed by atoms with E-state index >= 15 is 0 Å². The molecule has 0 bridgehead atoms. The maximum atomic E-state index is 11.4. The quantitative estimate of drug-likeness (QED) is 0.763. The van der Waals surface area contributed by atoms with Gasteiger partial charge in [-0.25, -0.2) is 0 Å². The fraction of sp³-hybridized carbons (Fsp3) is 0.588. The summed E-state index contributed by atoms with van der Waals surface area (Å²) in [7, 11) is 2.08. The van der Waals surface area contributed by atoms with Gasteiger partial charge in [-0.2, -0.15) is 0 Å². The normalized spacial score (nSPS) is 19.0. The molecule has 1 aliphatic rings. The molecule has 0 aliphatic carbocycles. The summed E-state index contributed by atoms with van der Waals surface area (Å²) in [5.41, 5.74) is 6.50. The van der Waals surface area contributed by atoms with E-state index in [4.69, 9.17) is 15.2 Å². The minimum Gasteiger partial charge on any atom is -0.494 e. The fourth-order valence-electron chi connectivity index (χ4n) is 2.83. The number of morpholine rings is 1. The van der Waals surface area contributed by atoms with Gasteiger partial charge in [0.2, 0.25) is 5.91 Å². The van der Waals surface area contributed by atoms with Gasteiger partial charge in [-0.1, -0.05) is 12.1 Å². The van der Waals surface area contributed by atoms with Crippen molar-refractivity contribution < 1.29 is 14.3 Å². The summed E-state index contributed by atoms with van der Waals surface area (Å²) < 4.78 is 11.3. The number of likely N-dealkylation sites (N-methyl/N-ethyl adjacent to an activating group) is 1. The lowest BCUT2D eigenvalue weighted by molar-refractivity contribution is -0.120. The van der Waals surface area contributed by atoms with E-state index in [-0.39, 0.29) is 18.6 Å². The first kappa shape index (κ1) is 17.7. The van der Waals surface area contributed by atoms with Crippen LogP contribution in [0, 0.1) is 0 Å². The molecule has 23 heavy (non-hydrogen) atoms. The Hall–Kier alpha value is -1.63. The smallest absolute Gasteiger partial charge is 0.231 e. The average molecular weight is 321 g/mol. The maximum absolute atomic E-state index is 11.4. The molecule has 6 nitrogen and oxygen atoms in total. The lowest BCUT2D eigenvalue weighted by Crippen LogP contribution is -2.47. The first-order valence-corrected chi connectivity index (χ1v) is 8.09. The van der Waals surface area contributed by atoms with Crippen LogP contribution in [-0.2, 0) is 16.1 Å². The van der Waals surface area contributed by atoms with Crippen LogP contribution < -0.4 is 10.5 Å². The molecule has 0 spiro atoms. The number of primary amides is 1. The topological polar surface area (TPSA) is 68.0 Å². The number of nitrogens with two attached hydrogens (primary N) is 1. The molecule has 1 atom stereocenters. The second-order valence-corrected chi connectivity index (χ2v) is 5.97. The monoisotopic (exact) mass is 321 g/mol. The van der Waals surface area contributed by atoms with Crippen LogP contribution in [0.2, 0.25) is 0 Å². The minimum atomic E-state index is -0.324. The third kappa shape index (κ3) is 6.17. The van der Waals surface area contributed by atoms with Crippen LogP contribution >= 0.6 is 0 Å². The van der Waals surface area contributed by atoms with E-state index in [0.29, 0.717) is 19.7 Å². The molecule has 0 radical (unpaired) electrons. The molecule has 1 saturated heterocycles. The van der Waals surface area contributed by atoms with Gasteiger partial charge in [0.05, 0.1) is 25.9 Å². The van der Waals surface area contributed by atoms with Gasteiger partial charge in [0.1, 0.15) is 5.75 Å². The highest BCUT2D eigenvalue weighted by atomic mass is 16.5. The Morgan fingerprint density at radius 2 is 2.35 bits per heavy atom. The van der Waals surface area contributed by atoms with Crippen molar-refractivity contribution in [3.8, 4) is 5.75 Å². The van der Waals surface area contributed by atoms with Crippen LogP contribution in [0.1, 0.15) is 12.5 Å². The van der Waals surface area contributed by atoms with E-state index in [0.717, 1.165) is 31.0 Å². The van der Waals surface area contributed by atoms with E-state index in [9.17, 15) is 4.79 Å². The molecule has 1 amide bonds. The Bertz CT molecular complexity index is 510. The van der Waals surface area contributed by atoms with Crippen LogP contribution in [0.25, 0.3) is 0 Å². The molecule has 0 aromatic heterocycles. The van der Waals surface area contributed by atoms with Gasteiger partial charge < -0.3 is 20.1 Å². The van der Waals surface area contributed by atoms with Gasteiger partial charge in [-0.3, -0.25) is 9.69 Å². The Morgan fingerprint density at radius 3 is 3.04 bits per heavy atom. The second kappa shape index (κ2) is 8.86. The fourth-order valence-corrected chi connectivity index (χ4v) is 2.83. The zero-order chi connectivity index (χ0) is 16.7. The van der Waals surface area contributed by atoms with E-state index in [2.05, 4.69) is 11.9 Å². The summed E-state index contributed by atoms with van der Waals surface area (Å²) in [6, 6.07) is 7.94. The zero-order valence-electron chi connectivity index (χ0n) is 14.0. The average Bonchev–Trinajstić information content (AvgIpc) is 2.47. The van der Waals surface area contributed by atoms with E-state index in [1.54, 1.807) is 0 Å². The van der Waals surface area contributed by atoms with Gasteiger partial charge in [0, 0.05) is 26.2 Å². The highest BCUT2D eigenvalue weighted by Crippen LogP contribution is 2.16. The summed E-state index contributed by atoms with van der Waals surface area (Å²) in [4.78, 5) is 15.7. The molecule has 2 rings (SSSR count). The van der Waals surface area contributed by atoms with Crippen LogP contribution in [-0.4, -0.2) is 68.3 Å². The standard InChI is InChI=1S/C17H27N3O3/c1-3-22-15-6-4-5-14(9-15)10-20(13-17(18)21)12-16-11-19(2)7-8-23-16/h4-6,9,16H,3,7-8,10-13H2,1-2H3,(H2,18,21). The largest absolute Gasteiger partial charge is 0.494 e. The van der Waals surface area contributed by atoms with Crippen molar-refractivity contribution in [3.63, 3.8) is 0 Å². The van der Waals surface area contributed by atoms with E-state index in [1.807, 2.05) is 36.1 Å². The number of rotatable bonds is 8. The second-order valence-electron chi connectivity index (χ2n) is 5.97. The predicted octanol–water partition coefficient (Wildman–Crippen LogP) is 0.703. The third-order valence-electron chi connectivity index (χ3n) is 3.80. The highest BCUT2D eigenvalue weighted by molar-refractivity contribution is 5.75. The van der Waals surface area contributed by atoms with Crippen molar-refractivity contribution in [2.75, 3.05) is 46.4 Å². The van der Waals surface area contributed by atoms with Crippen LogP contribution in [0.15, 0.2) is 24.3 Å². The van der Waals surface area contributed by atoms with Gasteiger partial charge in [-0.15, -0.1) is 0 Å². The Labute approximate surface area is 138 Å². The molecular formula is C17H27N3O3. The van der Waals surface area contributed by atoms with Crippen LogP contribution in [0.4, 0.5) is 0 Å². The lowest BCUT2D eigenvalue weighted by atomic mass is 10.2. The predicted molar refractivity (Wildman–Crippen MR) is 89.3 cm³/mol. The highest BCUT2D eigenvalue weighted by Gasteiger charge is 2.21. The number of carbonyl (C=O) groups is 1. The number of hydrogen-bond acceptors (Lipinski definition) is 5. The summed E-state index contributed by atoms with van der Waals surface area (Å²) >= 11 is 0. The molecular weight excluding hydrogens is 294 g/mol. The zero-order valence-corrected chi connectivity index (χ0v) is 14.0. The van der Waals surface area contributed by atoms with Crippen molar-refractivity contribution in [1.82, 2.24) is 9.80 Å². The number of ether oxygens (including phenoxy) is 2. The molecule has 1 aromatic carbocycles. The molecule has 1 fully saturated rings. The van der Waals surface area contributed by atoms with E-state index in [1.165, 1.54) is 0 Å². The minimum absolute atomic E-state index is 0.100. The first-order chi connectivity index (χ1) is 11.1. The summed E-state index contributed by atoms with van der Waals surface area (Å²) in [6.07, 6.45) is 0.100. The summed E-state index contributed by atoms with van der Waals surface area (Å²) in [6.45, 7) is 6.70. The Kier molecular flexibility index (Phi) is 6.83. The van der Waals surface area contributed by atoms with Crippen molar-refractivity contribution in [3.05, 3.63) is 29.8 Å². The van der Waals surface area contributed by atoms with Crippen LogP contribution in [0.3, 0.4) is 0 Å². The number of amides is 1. The summed E-state index contributed by atoms with van der Waals surface area (Å²) in [5.74, 6) is 0.521. The number of benzene rings is 1. The Balaban J connectivity index is 1.99. The van der Waals surface area contributed by atoms with Crippen molar-refractivity contribution in [2.45, 2.75) is 19.6 Å². The third-order valence-corrected chi connectivity index (χ3v) is 3.80. The van der Waals surface area contributed by atoms with Gasteiger partial charge in [-0.05, 0) is 31.7 Å². The van der Waals surface area contributed by atoms with Gasteiger partial charge in [0.15, 0.2) is 0 Å². The number of nitrogens with zero attached hydrogens (tertiary/aromatic N) is 2. The first-order valence-electron chi connectivity index (χ1n) is 8.09. The van der Waals surface area contributed by atoms with E-state index < -0.39 is 0 Å². The summed E-state index contributed by atoms with van der Waals surface area (Å²) in [5, 5.41) is 0. The molecule has 1 aliphatic heterocycles. The molecule has 1 heterocycles. The number of hydrogen-bond donors (Lipinski definition) is 1. The maximum Gasteiger partial charge on any atom is 0.231 e. The molecule has 0 saturated carbocycles. The van der Waals surface area contributed by atoms with Gasteiger partial charge in [0.25, 0.3) is 0 Å². The molecule has 1 unspecified atom stereocenters. The lowest BCUT2D eigenvalue weighted by Gasteiger charge is -2.33. The molecule has 128 valence electrons. The van der Waals surface area contributed by atoms with Crippen molar-refractivity contribution in [2.24, 2.45) is 5.73 Å². The molecule has 1 aromatic rings. The SMILES string of the molecule is CCOc1cccc(CN(CC(N)=O)CC2CN(C)CCO2)c1. The van der Waals surface area contributed by atoms with Crippen LogP contribution in [0.5, 0.6) is 5.75 Å². The Morgan fingerprint density at radius 1 is 1.52 bits per heavy atom. The van der Waals surface area contributed by atoms with Crippen molar-refractivity contribution in [1.29, 1.82) is 0 Å². The van der Waals surface area contributed by atoms with Crippen molar-refractivity contribution >= 4 is 5.91 Å². The molecule has 6 heteroatoms. The molecule has 2 N–H and O–H groups in total. The van der Waals surface area contributed by atoms with Gasteiger partial charge >= 0.3 is 0 Å².